The largest absolute Gasteiger partial charge is 0.483 e. The van der Waals surface area contributed by atoms with E-state index in [4.69, 9.17) is 4.74 Å². The zero-order valence-corrected chi connectivity index (χ0v) is 20.3. The fourth-order valence-electron chi connectivity index (χ4n) is 2.89. The summed E-state index contributed by atoms with van der Waals surface area (Å²) in [5.41, 5.74) is 1.29. The number of benzene rings is 2. The van der Waals surface area contributed by atoms with E-state index in [1.165, 1.54) is 30.5 Å². The van der Waals surface area contributed by atoms with Crippen LogP contribution in [-0.4, -0.2) is 25.9 Å². The summed E-state index contributed by atoms with van der Waals surface area (Å²) in [6.45, 7) is 6.03. The highest BCUT2D eigenvalue weighted by Gasteiger charge is 2.20. The second kappa shape index (κ2) is 9.70. The number of sulfonamides is 1. The summed E-state index contributed by atoms with van der Waals surface area (Å²) in [6, 6.07) is 16.5. The van der Waals surface area contributed by atoms with Crippen molar-refractivity contribution >= 4 is 43.4 Å². The van der Waals surface area contributed by atoms with E-state index in [1.807, 2.05) is 18.2 Å². The van der Waals surface area contributed by atoms with Gasteiger partial charge in [0.05, 0.1) is 4.90 Å². The van der Waals surface area contributed by atoms with Crippen LogP contribution in [0.2, 0.25) is 0 Å². The first kappa shape index (κ1) is 23.7. The van der Waals surface area contributed by atoms with Crippen molar-refractivity contribution in [3.8, 4) is 5.75 Å². The van der Waals surface area contributed by atoms with Crippen LogP contribution in [0.25, 0.3) is 0 Å². The van der Waals surface area contributed by atoms with E-state index >= 15 is 0 Å². The second-order valence-electron chi connectivity index (χ2n) is 8.07. The number of ether oxygens (including phenoxy) is 1. The van der Waals surface area contributed by atoms with Gasteiger partial charge in [-0.25, -0.2) is 13.4 Å². The van der Waals surface area contributed by atoms with Crippen LogP contribution in [0.4, 0.5) is 11.5 Å². The quantitative estimate of drug-likeness (QED) is 0.461. The first-order valence-corrected chi connectivity index (χ1v) is 12.1. The van der Waals surface area contributed by atoms with Crippen LogP contribution < -0.4 is 14.8 Å². The molecule has 0 saturated heterocycles. The highest BCUT2D eigenvalue weighted by Crippen LogP contribution is 2.33. The summed E-state index contributed by atoms with van der Waals surface area (Å²) in [7, 11) is -3.78. The van der Waals surface area contributed by atoms with E-state index in [-0.39, 0.29) is 28.6 Å². The number of pyridine rings is 1. The number of nitrogens with one attached hydrogen (secondary N) is 2. The van der Waals surface area contributed by atoms with Crippen molar-refractivity contribution in [2.45, 2.75) is 31.1 Å². The van der Waals surface area contributed by atoms with E-state index in [1.54, 1.807) is 18.2 Å². The molecule has 0 unspecified atom stereocenters. The molecular formula is C23H24BrN3O4S. The number of aromatic nitrogens is 1. The van der Waals surface area contributed by atoms with Gasteiger partial charge in [0, 0.05) is 21.9 Å². The van der Waals surface area contributed by atoms with Crippen LogP contribution in [0.1, 0.15) is 26.3 Å². The topological polar surface area (TPSA) is 97.4 Å². The lowest BCUT2D eigenvalue weighted by Gasteiger charge is -2.23. The van der Waals surface area contributed by atoms with Gasteiger partial charge in [0.15, 0.2) is 6.61 Å². The van der Waals surface area contributed by atoms with Crippen molar-refractivity contribution in [2.75, 3.05) is 16.6 Å². The molecule has 0 radical (unpaired) electrons. The van der Waals surface area contributed by atoms with Crippen LogP contribution in [0.15, 0.2) is 76.2 Å². The summed E-state index contributed by atoms with van der Waals surface area (Å²) < 4.78 is 34.0. The van der Waals surface area contributed by atoms with Crippen molar-refractivity contribution in [3.63, 3.8) is 0 Å². The Kier molecular flexibility index (Phi) is 7.20. The lowest BCUT2D eigenvalue weighted by molar-refractivity contribution is -0.118. The Morgan fingerprint density at radius 3 is 2.41 bits per heavy atom. The lowest BCUT2D eigenvalue weighted by Crippen LogP contribution is -2.22. The highest BCUT2D eigenvalue weighted by molar-refractivity contribution is 9.10. The standard InChI is InChI=1S/C23H24BrN3O4S/c1-23(2,3)19-14-16(24)7-12-20(19)31-15-22(28)26-17-8-10-18(11-9-17)32(29,30)27-21-6-4-5-13-25-21/h4-14H,15H2,1-3H3,(H,25,27)(H,26,28). The molecule has 3 aromatic rings. The zero-order valence-electron chi connectivity index (χ0n) is 17.9. The summed E-state index contributed by atoms with van der Waals surface area (Å²) in [6.07, 6.45) is 1.50. The Balaban J connectivity index is 1.62. The molecule has 2 N–H and O–H groups in total. The van der Waals surface area contributed by atoms with Crippen molar-refractivity contribution < 1.29 is 17.9 Å². The van der Waals surface area contributed by atoms with Gasteiger partial charge in [0.25, 0.3) is 15.9 Å². The van der Waals surface area contributed by atoms with Crippen LogP contribution >= 0.6 is 15.9 Å². The summed E-state index contributed by atoms with van der Waals surface area (Å²) >= 11 is 3.47. The number of carbonyl (C=O) groups excluding carboxylic acids is 1. The van der Waals surface area contributed by atoms with Gasteiger partial charge in [-0.2, -0.15) is 0 Å². The molecule has 32 heavy (non-hydrogen) atoms. The Bertz CT molecular complexity index is 1190. The normalized spacial score (nSPS) is 11.6. The summed E-state index contributed by atoms with van der Waals surface area (Å²) in [5, 5.41) is 2.71. The molecule has 1 heterocycles. The minimum atomic E-state index is -3.78. The molecule has 0 atom stereocenters. The van der Waals surface area contributed by atoms with Gasteiger partial charge in [0.2, 0.25) is 0 Å². The number of anilines is 2. The Hall–Kier alpha value is -2.91. The molecule has 0 aliphatic rings. The molecule has 0 fully saturated rings. The van der Waals surface area contributed by atoms with Crippen molar-refractivity contribution in [1.29, 1.82) is 0 Å². The van der Waals surface area contributed by atoms with Gasteiger partial charge in [-0.05, 0) is 60.0 Å². The first-order chi connectivity index (χ1) is 15.0. The monoisotopic (exact) mass is 517 g/mol. The summed E-state index contributed by atoms with van der Waals surface area (Å²) in [4.78, 5) is 16.4. The maximum atomic E-state index is 12.5. The maximum Gasteiger partial charge on any atom is 0.263 e. The third kappa shape index (κ3) is 6.30. The Labute approximate surface area is 196 Å². The molecule has 0 aliphatic carbocycles. The van der Waals surface area contributed by atoms with E-state index < -0.39 is 10.0 Å². The van der Waals surface area contributed by atoms with Gasteiger partial charge >= 0.3 is 0 Å². The van der Waals surface area contributed by atoms with Crippen LogP contribution in [0.5, 0.6) is 5.75 Å². The molecular weight excluding hydrogens is 494 g/mol. The van der Waals surface area contributed by atoms with E-state index in [9.17, 15) is 13.2 Å². The number of amides is 1. The number of nitrogens with zero attached hydrogens (tertiary/aromatic N) is 1. The molecule has 0 spiro atoms. The highest BCUT2D eigenvalue weighted by atomic mass is 79.9. The number of hydrogen-bond acceptors (Lipinski definition) is 5. The van der Waals surface area contributed by atoms with Crippen molar-refractivity contribution in [3.05, 3.63) is 76.9 Å². The fourth-order valence-corrected chi connectivity index (χ4v) is 4.26. The van der Waals surface area contributed by atoms with Gasteiger partial charge in [-0.1, -0.05) is 42.8 Å². The van der Waals surface area contributed by atoms with Crippen molar-refractivity contribution in [2.24, 2.45) is 0 Å². The van der Waals surface area contributed by atoms with Gasteiger partial charge in [-0.15, -0.1) is 0 Å². The zero-order chi connectivity index (χ0) is 23.4. The van der Waals surface area contributed by atoms with Crippen molar-refractivity contribution in [1.82, 2.24) is 4.98 Å². The molecule has 168 valence electrons. The predicted molar refractivity (Wildman–Crippen MR) is 128 cm³/mol. The molecule has 9 heteroatoms. The third-order valence-corrected chi connectivity index (χ3v) is 6.32. The molecule has 0 saturated carbocycles. The van der Waals surface area contributed by atoms with Crippen LogP contribution in [0.3, 0.4) is 0 Å². The molecule has 0 bridgehead atoms. The number of rotatable bonds is 7. The van der Waals surface area contributed by atoms with E-state index in [2.05, 4.69) is 51.7 Å². The third-order valence-electron chi connectivity index (χ3n) is 4.46. The Morgan fingerprint density at radius 1 is 1.06 bits per heavy atom. The molecule has 3 rings (SSSR count). The molecule has 1 amide bonds. The Morgan fingerprint density at radius 2 is 1.78 bits per heavy atom. The van der Waals surface area contributed by atoms with Gasteiger partial charge in [0.1, 0.15) is 11.6 Å². The van der Waals surface area contributed by atoms with Gasteiger partial charge < -0.3 is 10.1 Å². The number of carbonyl (C=O) groups is 1. The average Bonchev–Trinajstić information content (AvgIpc) is 2.73. The van der Waals surface area contributed by atoms with E-state index in [0.717, 1.165) is 10.0 Å². The smallest absolute Gasteiger partial charge is 0.263 e. The SMILES string of the molecule is CC(C)(C)c1cc(Br)ccc1OCC(=O)Nc1ccc(S(=O)(=O)Nc2ccccn2)cc1. The average molecular weight is 518 g/mol. The maximum absolute atomic E-state index is 12.5. The van der Waals surface area contributed by atoms with Gasteiger partial charge in [-0.3, -0.25) is 9.52 Å². The number of halogens is 1. The molecule has 7 nitrogen and oxygen atoms in total. The van der Waals surface area contributed by atoms with E-state index in [0.29, 0.717) is 11.4 Å². The first-order valence-electron chi connectivity index (χ1n) is 9.81. The minimum absolute atomic E-state index is 0.0575. The lowest BCUT2D eigenvalue weighted by atomic mass is 9.86. The molecule has 1 aromatic heterocycles. The second-order valence-corrected chi connectivity index (χ2v) is 10.7. The fraction of sp³-hybridized carbons (Fsp3) is 0.217. The van der Waals surface area contributed by atoms with Crippen LogP contribution in [-0.2, 0) is 20.2 Å². The minimum Gasteiger partial charge on any atom is -0.483 e. The number of hydrogen-bond donors (Lipinski definition) is 2. The predicted octanol–water partition coefficient (Wildman–Crippen LogP) is 4.96. The molecule has 0 aliphatic heterocycles. The molecule has 2 aromatic carbocycles. The summed E-state index contributed by atoms with van der Waals surface area (Å²) in [5.74, 6) is 0.512. The van der Waals surface area contributed by atoms with Crippen LogP contribution in [0, 0.1) is 0 Å².